The number of nitrogens with zero attached hydrogens (tertiary/aromatic N) is 1. The lowest BCUT2D eigenvalue weighted by atomic mass is 9.80. The number of esters is 1. The fraction of sp³-hybridized carbons (Fsp3) is 0.238. The van der Waals surface area contributed by atoms with Crippen LogP contribution in [0.4, 0.5) is 5.69 Å². The lowest BCUT2D eigenvalue weighted by molar-refractivity contribution is -0.401. The molecule has 0 amide bonds. The molecular formula is C21H22INO2. The lowest BCUT2D eigenvalue weighted by Crippen LogP contribution is -3.00. The molecule has 3 rings (SSSR count). The van der Waals surface area contributed by atoms with Crippen molar-refractivity contribution in [1.82, 2.24) is 0 Å². The first kappa shape index (κ1) is 19.4. The summed E-state index contributed by atoms with van der Waals surface area (Å²) in [5, 5.41) is 0. The van der Waals surface area contributed by atoms with E-state index in [4.69, 9.17) is 4.74 Å². The van der Waals surface area contributed by atoms with Gasteiger partial charge in [0.15, 0.2) is 5.71 Å². The van der Waals surface area contributed by atoms with Crippen LogP contribution >= 0.6 is 0 Å². The Balaban J connectivity index is 0.00000225. The summed E-state index contributed by atoms with van der Waals surface area (Å²) in [6.45, 7) is 4.36. The second-order valence-electron chi connectivity index (χ2n) is 6.54. The number of halogens is 1. The van der Waals surface area contributed by atoms with E-state index in [2.05, 4.69) is 49.8 Å². The smallest absolute Gasteiger partial charge is 0.337 e. The van der Waals surface area contributed by atoms with Crippen LogP contribution in [0.2, 0.25) is 0 Å². The number of allylic oxidation sites excluding steroid dienone is 1. The highest BCUT2D eigenvalue weighted by molar-refractivity contribution is 6.05. The highest BCUT2D eigenvalue weighted by Crippen LogP contribution is 2.40. The Labute approximate surface area is 166 Å². The van der Waals surface area contributed by atoms with Crippen molar-refractivity contribution in [2.75, 3.05) is 14.2 Å². The number of methoxy groups -OCH3 is 1. The molecule has 1 aliphatic rings. The monoisotopic (exact) mass is 447 g/mol. The molecule has 0 spiro atoms. The minimum Gasteiger partial charge on any atom is -1.00 e. The summed E-state index contributed by atoms with van der Waals surface area (Å²) in [4.78, 5) is 11.8. The molecule has 0 bridgehead atoms. The van der Waals surface area contributed by atoms with Crippen LogP contribution < -0.4 is 24.0 Å². The predicted molar refractivity (Wildman–Crippen MR) is 97.1 cm³/mol. The van der Waals surface area contributed by atoms with Gasteiger partial charge in [-0.3, -0.25) is 0 Å². The van der Waals surface area contributed by atoms with Crippen LogP contribution in [0.3, 0.4) is 0 Å². The third kappa shape index (κ3) is 3.54. The Morgan fingerprint density at radius 1 is 1.08 bits per heavy atom. The Hall–Kier alpha value is -1.95. The summed E-state index contributed by atoms with van der Waals surface area (Å²) in [7, 11) is 3.48. The number of carbonyl (C=O) groups excluding carboxylic acids is 1. The molecule has 0 aliphatic carbocycles. The van der Waals surface area contributed by atoms with Gasteiger partial charge in [-0.25, -0.2) is 4.79 Å². The fourth-order valence-electron chi connectivity index (χ4n) is 3.32. The minimum atomic E-state index is -0.301. The second-order valence-corrected chi connectivity index (χ2v) is 6.54. The molecule has 1 aliphatic heterocycles. The maximum atomic E-state index is 11.8. The van der Waals surface area contributed by atoms with Crippen molar-refractivity contribution >= 4 is 23.4 Å². The Morgan fingerprint density at radius 3 is 2.40 bits per heavy atom. The molecule has 0 fully saturated rings. The molecule has 130 valence electrons. The molecule has 2 aromatic rings. The fourth-order valence-corrected chi connectivity index (χ4v) is 3.32. The average Bonchev–Trinajstić information content (AvgIpc) is 2.79. The number of carbonyl (C=O) groups is 1. The van der Waals surface area contributed by atoms with E-state index < -0.39 is 0 Å². The molecule has 0 atom stereocenters. The van der Waals surface area contributed by atoms with Gasteiger partial charge < -0.3 is 28.7 Å². The van der Waals surface area contributed by atoms with Crippen LogP contribution in [0, 0.1) is 0 Å². The van der Waals surface area contributed by atoms with Gasteiger partial charge in [-0.15, -0.1) is 0 Å². The summed E-state index contributed by atoms with van der Waals surface area (Å²) in [6.07, 6.45) is 4.29. The first-order chi connectivity index (χ1) is 11.4. The lowest BCUT2D eigenvalue weighted by Gasteiger charge is -2.16. The van der Waals surface area contributed by atoms with Crippen LogP contribution in [0.1, 0.15) is 35.3 Å². The Morgan fingerprint density at radius 2 is 1.76 bits per heavy atom. The van der Waals surface area contributed by atoms with Crippen molar-refractivity contribution in [3.63, 3.8) is 0 Å². The first-order valence-electron chi connectivity index (χ1n) is 8.02. The topological polar surface area (TPSA) is 29.3 Å². The summed E-state index contributed by atoms with van der Waals surface area (Å²) in [6, 6.07) is 16.0. The van der Waals surface area contributed by atoms with E-state index in [0.29, 0.717) is 5.56 Å². The number of ether oxygens (including phenoxy) is 1. The maximum absolute atomic E-state index is 11.8. The highest BCUT2D eigenvalue weighted by atomic mass is 127. The van der Waals surface area contributed by atoms with Gasteiger partial charge in [-0.1, -0.05) is 30.3 Å². The van der Waals surface area contributed by atoms with Crippen molar-refractivity contribution in [3.8, 4) is 0 Å². The van der Waals surface area contributed by atoms with Crippen LogP contribution in [0.25, 0.3) is 6.08 Å². The van der Waals surface area contributed by atoms with Crippen LogP contribution in [-0.4, -0.2) is 30.4 Å². The van der Waals surface area contributed by atoms with Crippen molar-refractivity contribution < 1.29 is 38.1 Å². The molecule has 0 saturated heterocycles. The quantitative estimate of drug-likeness (QED) is 0.402. The first-order valence-corrected chi connectivity index (χ1v) is 8.02. The predicted octanol–water partition coefficient (Wildman–Crippen LogP) is 1.20. The summed E-state index contributed by atoms with van der Waals surface area (Å²) in [5.41, 5.74) is 5.04. The number of fused-ring (bicyclic) bond motifs is 1. The minimum absolute atomic E-state index is 0. The molecule has 0 saturated carbocycles. The van der Waals surface area contributed by atoms with E-state index in [1.165, 1.54) is 18.4 Å². The van der Waals surface area contributed by atoms with Gasteiger partial charge in [0.1, 0.15) is 7.05 Å². The molecule has 0 aromatic heterocycles. The second kappa shape index (κ2) is 7.52. The standard InChI is InChI=1S/C21H22NO2.HI/c1-21(2)17-14-16(20(23)24-4)11-12-18(17)22(3)19(21)13-10-15-8-6-5-7-9-15;/h5-14H,1-4H3;1H/q+1;/p-1. The molecular weight excluding hydrogens is 425 g/mol. The van der Waals surface area contributed by atoms with Gasteiger partial charge in [-0.2, -0.15) is 4.58 Å². The van der Waals surface area contributed by atoms with E-state index in [-0.39, 0.29) is 35.4 Å². The highest BCUT2D eigenvalue weighted by Gasteiger charge is 2.43. The third-order valence-electron chi connectivity index (χ3n) is 4.69. The van der Waals surface area contributed by atoms with Crippen LogP contribution in [0.15, 0.2) is 54.6 Å². The molecule has 0 unspecified atom stereocenters. The molecule has 3 nitrogen and oxygen atoms in total. The largest absolute Gasteiger partial charge is 1.00 e. The van der Waals surface area contributed by atoms with Crippen LogP contribution in [0.5, 0.6) is 0 Å². The van der Waals surface area contributed by atoms with Crippen molar-refractivity contribution in [2.24, 2.45) is 0 Å². The molecule has 0 N–H and O–H groups in total. The van der Waals surface area contributed by atoms with Gasteiger partial charge in [0.25, 0.3) is 0 Å². The van der Waals surface area contributed by atoms with Crippen molar-refractivity contribution in [3.05, 3.63) is 71.3 Å². The molecule has 0 radical (unpaired) electrons. The number of benzene rings is 2. The summed E-state index contributed by atoms with van der Waals surface area (Å²) < 4.78 is 7.04. The number of hydrogen-bond donors (Lipinski definition) is 0. The van der Waals surface area contributed by atoms with Gasteiger partial charge in [0.05, 0.1) is 18.1 Å². The SMILES string of the molecule is COC(=O)c1ccc2c(c1)C(C)(C)C(C=Cc1ccccc1)=[N+]2C.[I-]. The zero-order chi connectivity index (χ0) is 17.3. The summed E-state index contributed by atoms with van der Waals surface area (Å²) in [5.74, 6) is -0.301. The summed E-state index contributed by atoms with van der Waals surface area (Å²) >= 11 is 0. The van der Waals surface area contributed by atoms with E-state index in [0.717, 1.165) is 11.3 Å². The van der Waals surface area contributed by atoms with Crippen molar-refractivity contribution in [2.45, 2.75) is 19.3 Å². The normalized spacial score (nSPS) is 15.0. The molecule has 4 heteroatoms. The number of rotatable bonds is 3. The third-order valence-corrected chi connectivity index (χ3v) is 4.69. The average molecular weight is 447 g/mol. The van der Waals surface area contributed by atoms with Crippen molar-refractivity contribution in [1.29, 1.82) is 0 Å². The maximum Gasteiger partial charge on any atom is 0.337 e. The molecule has 2 aromatic carbocycles. The van der Waals surface area contributed by atoms with E-state index in [9.17, 15) is 4.79 Å². The zero-order valence-corrected chi connectivity index (χ0v) is 17.1. The van der Waals surface area contributed by atoms with Gasteiger partial charge in [-0.05, 0) is 37.6 Å². The molecule has 1 heterocycles. The Kier molecular flexibility index (Phi) is 5.83. The van der Waals surface area contributed by atoms with E-state index in [1.807, 2.05) is 36.4 Å². The van der Waals surface area contributed by atoms with E-state index in [1.54, 1.807) is 0 Å². The zero-order valence-electron chi connectivity index (χ0n) is 14.9. The van der Waals surface area contributed by atoms with Gasteiger partial charge in [0.2, 0.25) is 5.69 Å². The molecule has 25 heavy (non-hydrogen) atoms. The van der Waals surface area contributed by atoms with E-state index >= 15 is 0 Å². The van der Waals surface area contributed by atoms with Gasteiger partial charge in [0, 0.05) is 17.7 Å². The number of hydrogen-bond acceptors (Lipinski definition) is 2. The van der Waals surface area contributed by atoms with Gasteiger partial charge >= 0.3 is 5.97 Å². The van der Waals surface area contributed by atoms with Crippen LogP contribution in [-0.2, 0) is 10.2 Å². The Bertz CT molecular complexity index is 851.